The van der Waals surface area contributed by atoms with Gasteiger partial charge in [-0.15, -0.1) is 0 Å². The van der Waals surface area contributed by atoms with Crippen LogP contribution in [0, 0.1) is 13.8 Å². The summed E-state index contributed by atoms with van der Waals surface area (Å²) in [5.74, 6) is -0.637. The molecule has 1 aliphatic carbocycles. The number of nitrogens with zero attached hydrogens (tertiary/aromatic N) is 4. The summed E-state index contributed by atoms with van der Waals surface area (Å²) in [7, 11) is 0. The lowest BCUT2D eigenvalue weighted by Crippen LogP contribution is -2.47. The Hall–Kier alpha value is -3.22. The lowest BCUT2D eigenvalue weighted by atomic mass is 10.0. The number of aromatic nitrogens is 3. The maximum Gasteiger partial charge on any atom is 0.326 e. The second-order valence-corrected chi connectivity index (χ2v) is 7.33. The van der Waals surface area contributed by atoms with Gasteiger partial charge in [-0.05, 0) is 43.9 Å². The molecule has 1 amide bonds. The number of aliphatic carboxylic acids is 1. The summed E-state index contributed by atoms with van der Waals surface area (Å²) < 4.78 is 1.59. The molecule has 3 aromatic rings. The molecule has 28 heavy (non-hydrogen) atoms. The Balaban J connectivity index is 1.70. The first-order valence-electron chi connectivity index (χ1n) is 9.37. The van der Waals surface area contributed by atoms with Crippen LogP contribution in [0.2, 0.25) is 0 Å². The molecule has 7 nitrogen and oxygen atoms in total. The quantitative estimate of drug-likeness (QED) is 0.712. The van der Waals surface area contributed by atoms with Crippen LogP contribution >= 0.6 is 0 Å². The van der Waals surface area contributed by atoms with Gasteiger partial charge in [-0.1, -0.05) is 30.3 Å². The molecule has 144 valence electrons. The maximum absolute atomic E-state index is 13.4. The molecule has 1 saturated carbocycles. The Labute approximate surface area is 162 Å². The van der Waals surface area contributed by atoms with E-state index in [1.165, 1.54) is 0 Å². The number of carboxylic acids is 1. The van der Waals surface area contributed by atoms with Crippen molar-refractivity contribution < 1.29 is 14.7 Å². The standard InChI is InChI=1S/C21H22N4O3/c1-13-10-16(12-24-19(13)22-14(2)23-24)20(26)25(17-8-9-17)18(21(27)28)11-15-6-4-3-5-7-15/h3-7,10,12,17-18H,8-9,11H2,1-2H3,(H,27,28). The molecular weight excluding hydrogens is 356 g/mol. The van der Waals surface area contributed by atoms with Crippen molar-refractivity contribution in [3.05, 3.63) is 65.1 Å². The summed E-state index contributed by atoms with van der Waals surface area (Å²) in [5, 5.41) is 14.2. The first kappa shape index (κ1) is 18.2. The normalized spacial score (nSPS) is 14.8. The summed E-state index contributed by atoms with van der Waals surface area (Å²) in [6.45, 7) is 3.67. The molecule has 7 heteroatoms. The zero-order chi connectivity index (χ0) is 19.8. The molecule has 0 bridgehead atoms. The van der Waals surface area contributed by atoms with Crippen molar-refractivity contribution in [1.29, 1.82) is 0 Å². The number of fused-ring (bicyclic) bond motifs is 1. The largest absolute Gasteiger partial charge is 0.480 e. The fourth-order valence-corrected chi connectivity index (χ4v) is 3.58. The minimum absolute atomic E-state index is 0.0363. The first-order chi connectivity index (χ1) is 13.4. The number of carbonyl (C=O) groups is 2. The number of carboxylic acid groups (broad SMARTS) is 1. The Kier molecular flexibility index (Phi) is 4.58. The van der Waals surface area contributed by atoms with E-state index in [-0.39, 0.29) is 18.4 Å². The molecule has 1 aromatic carbocycles. The molecule has 1 aliphatic rings. The number of benzene rings is 1. The van der Waals surface area contributed by atoms with Crippen LogP contribution in [-0.4, -0.2) is 48.6 Å². The molecule has 2 heterocycles. The van der Waals surface area contributed by atoms with Crippen LogP contribution in [0.25, 0.3) is 5.65 Å². The Morgan fingerprint density at radius 2 is 1.96 bits per heavy atom. The van der Waals surface area contributed by atoms with Gasteiger partial charge in [0.1, 0.15) is 11.9 Å². The summed E-state index contributed by atoms with van der Waals surface area (Å²) >= 11 is 0. The lowest BCUT2D eigenvalue weighted by molar-refractivity contribution is -0.142. The molecule has 1 N–H and O–H groups in total. The second kappa shape index (κ2) is 7.07. The van der Waals surface area contributed by atoms with Crippen molar-refractivity contribution in [3.63, 3.8) is 0 Å². The Morgan fingerprint density at radius 1 is 1.25 bits per heavy atom. The van der Waals surface area contributed by atoms with E-state index in [0.717, 1.165) is 24.0 Å². The van der Waals surface area contributed by atoms with Crippen LogP contribution in [0.3, 0.4) is 0 Å². The van der Waals surface area contributed by atoms with E-state index in [0.29, 0.717) is 17.0 Å². The van der Waals surface area contributed by atoms with Crippen LogP contribution < -0.4 is 0 Å². The van der Waals surface area contributed by atoms with Gasteiger partial charge in [0.2, 0.25) is 0 Å². The predicted molar refractivity (Wildman–Crippen MR) is 103 cm³/mol. The SMILES string of the molecule is Cc1nc2c(C)cc(C(=O)N(C3CC3)C(Cc3ccccc3)C(=O)O)cn2n1. The molecule has 0 spiro atoms. The third kappa shape index (κ3) is 3.47. The van der Waals surface area contributed by atoms with E-state index in [1.54, 1.807) is 28.6 Å². The van der Waals surface area contributed by atoms with Gasteiger partial charge in [0.05, 0.1) is 5.56 Å². The average Bonchev–Trinajstić information content (AvgIpc) is 3.42. The number of hydrogen-bond acceptors (Lipinski definition) is 4. The van der Waals surface area contributed by atoms with E-state index in [2.05, 4.69) is 10.1 Å². The van der Waals surface area contributed by atoms with E-state index >= 15 is 0 Å². The zero-order valence-corrected chi connectivity index (χ0v) is 15.9. The van der Waals surface area contributed by atoms with Gasteiger partial charge in [-0.3, -0.25) is 4.79 Å². The van der Waals surface area contributed by atoms with Crippen LogP contribution in [0.1, 0.15) is 40.2 Å². The van der Waals surface area contributed by atoms with Crippen molar-refractivity contribution in [2.75, 3.05) is 0 Å². The molecule has 2 aromatic heterocycles. The molecule has 1 atom stereocenters. The van der Waals surface area contributed by atoms with E-state index in [1.807, 2.05) is 37.3 Å². The fraction of sp³-hybridized carbons (Fsp3) is 0.333. The summed E-state index contributed by atoms with van der Waals surface area (Å²) in [6.07, 6.45) is 3.57. The summed E-state index contributed by atoms with van der Waals surface area (Å²) in [4.78, 5) is 31.3. The van der Waals surface area contributed by atoms with Gasteiger partial charge in [-0.2, -0.15) is 5.10 Å². The zero-order valence-electron chi connectivity index (χ0n) is 15.9. The van der Waals surface area contributed by atoms with Gasteiger partial charge >= 0.3 is 5.97 Å². The smallest absolute Gasteiger partial charge is 0.326 e. The van der Waals surface area contributed by atoms with Crippen LogP contribution in [0.15, 0.2) is 42.6 Å². The fourth-order valence-electron chi connectivity index (χ4n) is 3.58. The van der Waals surface area contributed by atoms with Crippen molar-refractivity contribution in [1.82, 2.24) is 19.5 Å². The topological polar surface area (TPSA) is 87.8 Å². The van der Waals surface area contributed by atoms with E-state index < -0.39 is 12.0 Å². The number of carbonyl (C=O) groups excluding carboxylic acids is 1. The number of pyridine rings is 1. The van der Waals surface area contributed by atoms with Gasteiger partial charge in [0, 0.05) is 18.7 Å². The molecule has 0 radical (unpaired) electrons. The molecule has 4 rings (SSSR count). The minimum atomic E-state index is -0.987. The molecule has 0 aliphatic heterocycles. The first-order valence-corrected chi connectivity index (χ1v) is 9.37. The lowest BCUT2D eigenvalue weighted by Gasteiger charge is -2.29. The number of rotatable bonds is 6. The minimum Gasteiger partial charge on any atom is -0.480 e. The summed E-state index contributed by atoms with van der Waals surface area (Å²) in [6, 6.07) is 10.2. The number of aryl methyl sites for hydroxylation is 2. The highest BCUT2D eigenvalue weighted by Gasteiger charge is 2.41. The van der Waals surface area contributed by atoms with Gasteiger partial charge in [0.25, 0.3) is 5.91 Å². The molecule has 1 unspecified atom stereocenters. The van der Waals surface area contributed by atoms with E-state index in [9.17, 15) is 14.7 Å². The van der Waals surface area contributed by atoms with Crippen molar-refractivity contribution >= 4 is 17.5 Å². The average molecular weight is 378 g/mol. The van der Waals surface area contributed by atoms with Gasteiger partial charge in [0.15, 0.2) is 5.65 Å². The molecular formula is C21H22N4O3. The van der Waals surface area contributed by atoms with Crippen molar-refractivity contribution in [2.45, 2.75) is 45.2 Å². The third-order valence-electron chi connectivity index (χ3n) is 5.04. The number of hydrogen-bond donors (Lipinski definition) is 1. The third-order valence-corrected chi connectivity index (χ3v) is 5.04. The van der Waals surface area contributed by atoms with Crippen LogP contribution in [0.5, 0.6) is 0 Å². The highest BCUT2D eigenvalue weighted by atomic mass is 16.4. The monoisotopic (exact) mass is 378 g/mol. The number of amides is 1. The Morgan fingerprint density at radius 3 is 2.61 bits per heavy atom. The maximum atomic E-state index is 13.4. The second-order valence-electron chi connectivity index (χ2n) is 7.33. The van der Waals surface area contributed by atoms with Crippen molar-refractivity contribution in [3.8, 4) is 0 Å². The molecule has 0 saturated heterocycles. The molecule has 1 fully saturated rings. The predicted octanol–water partition coefficient (Wildman–Crippen LogP) is 2.65. The van der Waals surface area contributed by atoms with Crippen molar-refractivity contribution in [2.24, 2.45) is 0 Å². The van der Waals surface area contributed by atoms with Gasteiger partial charge in [-0.25, -0.2) is 14.3 Å². The summed E-state index contributed by atoms with van der Waals surface area (Å²) in [5.41, 5.74) is 2.86. The van der Waals surface area contributed by atoms with Crippen LogP contribution in [0.4, 0.5) is 0 Å². The van der Waals surface area contributed by atoms with E-state index in [4.69, 9.17) is 0 Å². The van der Waals surface area contributed by atoms with Crippen LogP contribution in [-0.2, 0) is 11.2 Å². The highest BCUT2D eigenvalue weighted by Crippen LogP contribution is 2.31. The highest BCUT2D eigenvalue weighted by molar-refractivity contribution is 5.97. The Bertz CT molecular complexity index is 1040. The van der Waals surface area contributed by atoms with Gasteiger partial charge < -0.3 is 10.0 Å².